The largest absolute Gasteiger partial charge is 0.338 e. The van der Waals surface area contributed by atoms with Crippen LogP contribution in [0.2, 0.25) is 0 Å². The highest BCUT2D eigenvalue weighted by Crippen LogP contribution is 2.18. The molecule has 0 unspecified atom stereocenters. The van der Waals surface area contributed by atoms with E-state index < -0.39 is 11.6 Å². The summed E-state index contributed by atoms with van der Waals surface area (Å²) in [7, 11) is 1.74. The molecule has 4 nitrogen and oxygen atoms in total. The van der Waals surface area contributed by atoms with Gasteiger partial charge in [0, 0.05) is 5.56 Å². The number of nitrogens with zero attached hydrogens (tertiary/aromatic N) is 2. The Balaban J connectivity index is 2.31. The minimum atomic E-state index is -0.933. The standard InChI is InChI=1S/C10H9F2N3O/c1-13-5-9-14-10(15-16-9)6-2-3-7(11)8(12)4-6/h2-4,13H,5H2,1H3. The molecule has 0 aliphatic carbocycles. The van der Waals surface area contributed by atoms with Gasteiger partial charge in [-0.1, -0.05) is 5.16 Å². The highest BCUT2D eigenvalue weighted by molar-refractivity contribution is 5.54. The summed E-state index contributed by atoms with van der Waals surface area (Å²) < 4.78 is 30.5. The van der Waals surface area contributed by atoms with Crippen molar-refractivity contribution in [2.24, 2.45) is 0 Å². The Morgan fingerprint density at radius 1 is 1.31 bits per heavy atom. The third kappa shape index (κ3) is 2.06. The molecule has 1 aromatic heterocycles. The van der Waals surface area contributed by atoms with E-state index in [1.54, 1.807) is 7.05 Å². The Morgan fingerprint density at radius 2 is 2.12 bits per heavy atom. The van der Waals surface area contributed by atoms with E-state index in [-0.39, 0.29) is 5.82 Å². The highest BCUT2D eigenvalue weighted by Gasteiger charge is 2.10. The summed E-state index contributed by atoms with van der Waals surface area (Å²) in [6.45, 7) is 0.427. The normalized spacial score (nSPS) is 10.7. The first kappa shape index (κ1) is 10.7. The average molecular weight is 225 g/mol. The van der Waals surface area contributed by atoms with Crippen LogP contribution in [0.5, 0.6) is 0 Å². The van der Waals surface area contributed by atoms with E-state index in [4.69, 9.17) is 4.52 Å². The van der Waals surface area contributed by atoms with E-state index in [9.17, 15) is 8.78 Å². The van der Waals surface area contributed by atoms with Crippen LogP contribution in [-0.2, 0) is 6.54 Å². The number of nitrogens with one attached hydrogen (secondary N) is 1. The van der Waals surface area contributed by atoms with Crippen molar-refractivity contribution in [1.29, 1.82) is 0 Å². The van der Waals surface area contributed by atoms with Gasteiger partial charge in [-0.25, -0.2) is 8.78 Å². The van der Waals surface area contributed by atoms with Gasteiger partial charge in [-0.05, 0) is 25.2 Å². The second-order valence-electron chi connectivity index (χ2n) is 3.17. The fourth-order valence-electron chi connectivity index (χ4n) is 1.23. The lowest BCUT2D eigenvalue weighted by molar-refractivity contribution is 0.372. The minimum Gasteiger partial charge on any atom is -0.338 e. The van der Waals surface area contributed by atoms with Gasteiger partial charge in [-0.3, -0.25) is 0 Å². The summed E-state index contributed by atoms with van der Waals surface area (Å²) in [5.41, 5.74) is 0.380. The van der Waals surface area contributed by atoms with E-state index in [1.807, 2.05) is 0 Å². The van der Waals surface area contributed by atoms with Crippen LogP contribution >= 0.6 is 0 Å². The number of benzene rings is 1. The Labute approximate surface area is 90.3 Å². The predicted molar refractivity (Wildman–Crippen MR) is 52.4 cm³/mol. The van der Waals surface area contributed by atoms with Crippen LogP contribution in [0, 0.1) is 11.6 Å². The first-order valence-corrected chi connectivity index (χ1v) is 4.63. The van der Waals surface area contributed by atoms with Crippen LogP contribution in [0.25, 0.3) is 11.4 Å². The van der Waals surface area contributed by atoms with Gasteiger partial charge in [0.05, 0.1) is 6.54 Å². The van der Waals surface area contributed by atoms with E-state index in [1.165, 1.54) is 6.07 Å². The van der Waals surface area contributed by atoms with Crippen LogP contribution in [-0.4, -0.2) is 17.2 Å². The number of rotatable bonds is 3. The maximum absolute atomic E-state index is 12.9. The van der Waals surface area contributed by atoms with Gasteiger partial charge in [0.1, 0.15) is 0 Å². The van der Waals surface area contributed by atoms with Crippen LogP contribution in [0.3, 0.4) is 0 Å². The van der Waals surface area contributed by atoms with Gasteiger partial charge in [-0.2, -0.15) is 4.98 Å². The molecular formula is C10H9F2N3O. The number of halogens is 2. The molecule has 16 heavy (non-hydrogen) atoms. The van der Waals surface area contributed by atoms with Crippen molar-refractivity contribution in [3.05, 3.63) is 35.7 Å². The van der Waals surface area contributed by atoms with Gasteiger partial charge >= 0.3 is 0 Å². The zero-order valence-corrected chi connectivity index (χ0v) is 8.50. The molecule has 2 aromatic rings. The lowest BCUT2D eigenvalue weighted by Gasteiger charge is -1.95. The number of hydrogen-bond acceptors (Lipinski definition) is 4. The molecular weight excluding hydrogens is 216 g/mol. The van der Waals surface area contributed by atoms with Gasteiger partial charge in [0.2, 0.25) is 11.7 Å². The Bertz CT molecular complexity index is 499. The molecule has 0 radical (unpaired) electrons. The molecule has 1 aromatic carbocycles. The molecule has 0 saturated carbocycles. The van der Waals surface area contributed by atoms with E-state index in [2.05, 4.69) is 15.5 Å². The topological polar surface area (TPSA) is 51.0 Å². The maximum Gasteiger partial charge on any atom is 0.240 e. The number of aromatic nitrogens is 2. The maximum atomic E-state index is 12.9. The van der Waals surface area contributed by atoms with Crippen molar-refractivity contribution in [3.63, 3.8) is 0 Å². The van der Waals surface area contributed by atoms with Crippen molar-refractivity contribution in [3.8, 4) is 11.4 Å². The fourth-order valence-corrected chi connectivity index (χ4v) is 1.23. The van der Waals surface area contributed by atoms with Gasteiger partial charge in [0.15, 0.2) is 11.6 Å². The summed E-state index contributed by atoms with van der Waals surface area (Å²) in [5, 5.41) is 6.50. The highest BCUT2D eigenvalue weighted by atomic mass is 19.2. The van der Waals surface area contributed by atoms with Crippen molar-refractivity contribution in [2.45, 2.75) is 6.54 Å². The van der Waals surface area contributed by atoms with Crippen LogP contribution < -0.4 is 5.32 Å². The van der Waals surface area contributed by atoms with Gasteiger partial charge < -0.3 is 9.84 Å². The Kier molecular flexibility index (Phi) is 2.91. The first-order chi connectivity index (χ1) is 7.70. The molecule has 84 valence electrons. The predicted octanol–water partition coefficient (Wildman–Crippen LogP) is 1.73. The SMILES string of the molecule is CNCc1nc(-c2ccc(F)c(F)c2)no1. The molecule has 0 atom stereocenters. The average Bonchev–Trinajstić information content (AvgIpc) is 2.71. The third-order valence-corrected chi connectivity index (χ3v) is 1.97. The molecule has 0 aliphatic rings. The van der Waals surface area contributed by atoms with Crippen LogP contribution in [0.1, 0.15) is 5.89 Å². The first-order valence-electron chi connectivity index (χ1n) is 4.63. The van der Waals surface area contributed by atoms with E-state index >= 15 is 0 Å². The molecule has 2 rings (SSSR count). The quantitative estimate of drug-likeness (QED) is 0.864. The Morgan fingerprint density at radius 3 is 2.81 bits per heavy atom. The second-order valence-corrected chi connectivity index (χ2v) is 3.17. The lowest BCUT2D eigenvalue weighted by atomic mass is 10.2. The zero-order valence-electron chi connectivity index (χ0n) is 8.50. The van der Waals surface area contributed by atoms with Crippen molar-refractivity contribution >= 4 is 0 Å². The van der Waals surface area contributed by atoms with Crippen LogP contribution in [0.15, 0.2) is 22.7 Å². The summed E-state index contributed by atoms with van der Waals surface area (Å²) in [6.07, 6.45) is 0. The fraction of sp³-hybridized carbons (Fsp3) is 0.200. The molecule has 0 aliphatic heterocycles. The second kappa shape index (κ2) is 4.36. The van der Waals surface area contributed by atoms with Gasteiger partial charge in [0.25, 0.3) is 0 Å². The molecule has 1 N–H and O–H groups in total. The smallest absolute Gasteiger partial charge is 0.240 e. The molecule has 0 bridgehead atoms. The molecule has 1 heterocycles. The minimum absolute atomic E-state index is 0.240. The van der Waals surface area contributed by atoms with Crippen molar-refractivity contribution in [2.75, 3.05) is 7.05 Å². The molecule has 6 heteroatoms. The van der Waals surface area contributed by atoms with Crippen molar-refractivity contribution in [1.82, 2.24) is 15.5 Å². The molecule has 0 spiro atoms. The summed E-state index contributed by atoms with van der Waals surface area (Å²) in [4.78, 5) is 4.01. The van der Waals surface area contributed by atoms with Crippen LogP contribution in [0.4, 0.5) is 8.78 Å². The zero-order chi connectivity index (χ0) is 11.5. The number of hydrogen-bond donors (Lipinski definition) is 1. The monoisotopic (exact) mass is 225 g/mol. The lowest BCUT2D eigenvalue weighted by Crippen LogP contribution is -2.04. The molecule has 0 amide bonds. The van der Waals surface area contributed by atoms with Crippen molar-refractivity contribution < 1.29 is 13.3 Å². The third-order valence-electron chi connectivity index (χ3n) is 1.97. The molecule has 0 fully saturated rings. The summed E-state index contributed by atoms with van der Waals surface area (Å²) >= 11 is 0. The summed E-state index contributed by atoms with van der Waals surface area (Å²) in [5.74, 6) is -1.20. The summed E-state index contributed by atoms with van der Waals surface area (Å²) in [6, 6.07) is 3.45. The van der Waals surface area contributed by atoms with E-state index in [0.717, 1.165) is 12.1 Å². The van der Waals surface area contributed by atoms with E-state index in [0.29, 0.717) is 18.0 Å². The Hall–Kier alpha value is -1.82. The molecule has 0 saturated heterocycles. The van der Waals surface area contributed by atoms with Gasteiger partial charge in [-0.15, -0.1) is 0 Å².